The molecule has 0 spiro atoms. The van der Waals surface area contributed by atoms with E-state index in [1.165, 1.54) is 10.6 Å². The summed E-state index contributed by atoms with van der Waals surface area (Å²) in [6, 6.07) is 10.7. The van der Waals surface area contributed by atoms with Crippen LogP contribution in [0.1, 0.15) is 30.2 Å². The maximum Gasteiger partial charge on any atom is 0.233 e. The molecule has 0 atom stereocenters. The Balaban J connectivity index is 2.34. The van der Waals surface area contributed by atoms with E-state index in [0.29, 0.717) is 11.4 Å². The summed E-state index contributed by atoms with van der Waals surface area (Å²) in [4.78, 5) is 0. The summed E-state index contributed by atoms with van der Waals surface area (Å²) in [7, 11) is -3.46. The Hall–Kier alpha value is -2.33. The van der Waals surface area contributed by atoms with Gasteiger partial charge in [-0.05, 0) is 31.0 Å². The molecule has 0 N–H and O–H groups in total. The predicted octanol–water partition coefficient (Wildman–Crippen LogP) is 2.44. The number of sulfonamides is 1. The first kappa shape index (κ1) is 17.0. The van der Waals surface area contributed by atoms with Crippen molar-refractivity contribution >= 4 is 15.8 Å². The number of hydrogen-bond donors (Lipinski definition) is 0. The third-order valence-corrected chi connectivity index (χ3v) is 4.59. The van der Waals surface area contributed by atoms with Crippen LogP contribution in [0.2, 0.25) is 0 Å². The van der Waals surface area contributed by atoms with Crippen LogP contribution in [0.3, 0.4) is 0 Å². The van der Waals surface area contributed by atoms with Crippen LogP contribution >= 0.6 is 0 Å². The zero-order valence-electron chi connectivity index (χ0n) is 13.5. The van der Waals surface area contributed by atoms with Gasteiger partial charge in [-0.15, -0.1) is 0 Å². The fourth-order valence-electron chi connectivity index (χ4n) is 2.27. The van der Waals surface area contributed by atoms with Crippen molar-refractivity contribution < 1.29 is 8.42 Å². The molecule has 0 saturated carbocycles. The van der Waals surface area contributed by atoms with Crippen LogP contribution in [0.25, 0.3) is 0 Å². The summed E-state index contributed by atoms with van der Waals surface area (Å²) in [5.74, 6) is 0.419. The van der Waals surface area contributed by atoms with Crippen molar-refractivity contribution in [3.8, 4) is 6.07 Å². The molecule has 23 heavy (non-hydrogen) atoms. The van der Waals surface area contributed by atoms with Crippen molar-refractivity contribution in [1.29, 1.82) is 5.26 Å². The molecule has 6 nitrogen and oxygen atoms in total. The van der Waals surface area contributed by atoms with Gasteiger partial charge in [0.15, 0.2) is 5.82 Å². The molecule has 1 aromatic heterocycles. The van der Waals surface area contributed by atoms with E-state index in [4.69, 9.17) is 5.26 Å². The maximum absolute atomic E-state index is 12.2. The topological polar surface area (TPSA) is 79.0 Å². The molecule has 1 heterocycles. The monoisotopic (exact) mass is 332 g/mol. The quantitative estimate of drug-likeness (QED) is 0.814. The minimum Gasteiger partial charge on any atom is -0.268 e. The van der Waals surface area contributed by atoms with E-state index in [9.17, 15) is 8.42 Å². The highest BCUT2D eigenvalue weighted by atomic mass is 32.2. The van der Waals surface area contributed by atoms with Crippen molar-refractivity contribution in [1.82, 2.24) is 9.78 Å². The van der Waals surface area contributed by atoms with E-state index in [1.807, 2.05) is 24.6 Å². The van der Waals surface area contributed by atoms with Gasteiger partial charge in [-0.25, -0.2) is 12.7 Å². The van der Waals surface area contributed by atoms with Gasteiger partial charge < -0.3 is 0 Å². The molecule has 2 rings (SSSR count). The highest BCUT2D eigenvalue weighted by Crippen LogP contribution is 2.20. The molecule has 0 aliphatic rings. The molecular formula is C16H20N4O2S. The Kier molecular flexibility index (Phi) is 5.06. The Labute approximate surface area is 137 Å². The third-order valence-electron chi connectivity index (χ3n) is 3.47. The first-order chi connectivity index (χ1) is 10.8. The molecule has 7 heteroatoms. The molecule has 0 unspecified atom stereocenters. The Morgan fingerprint density at radius 3 is 2.48 bits per heavy atom. The van der Waals surface area contributed by atoms with E-state index < -0.39 is 10.0 Å². The molecule has 0 radical (unpaired) electrons. The SMILES string of the molecule is CCCn1nc(N(Cc2ccc(C#N)cc2)S(C)(=O)=O)cc1C. The lowest BCUT2D eigenvalue weighted by molar-refractivity contribution is 0.581. The molecule has 0 aliphatic heterocycles. The minimum atomic E-state index is -3.46. The average molecular weight is 332 g/mol. The number of aromatic nitrogens is 2. The zero-order chi connectivity index (χ0) is 17.0. The molecule has 0 saturated heterocycles. The number of aryl methyl sites for hydroxylation is 2. The Morgan fingerprint density at radius 1 is 1.30 bits per heavy atom. The highest BCUT2D eigenvalue weighted by Gasteiger charge is 2.21. The van der Waals surface area contributed by atoms with Gasteiger partial charge >= 0.3 is 0 Å². The van der Waals surface area contributed by atoms with Crippen molar-refractivity contribution in [3.05, 3.63) is 47.2 Å². The number of nitrogens with zero attached hydrogens (tertiary/aromatic N) is 4. The van der Waals surface area contributed by atoms with Gasteiger partial charge in [0.25, 0.3) is 0 Å². The summed E-state index contributed by atoms with van der Waals surface area (Å²) >= 11 is 0. The summed E-state index contributed by atoms with van der Waals surface area (Å²) in [5, 5.41) is 13.2. The fourth-order valence-corrected chi connectivity index (χ4v) is 3.08. The summed E-state index contributed by atoms with van der Waals surface area (Å²) in [6.07, 6.45) is 2.10. The lowest BCUT2D eigenvalue weighted by Gasteiger charge is -2.19. The Morgan fingerprint density at radius 2 is 1.96 bits per heavy atom. The predicted molar refractivity (Wildman–Crippen MR) is 89.4 cm³/mol. The molecule has 2 aromatic rings. The average Bonchev–Trinajstić information content (AvgIpc) is 2.85. The van der Waals surface area contributed by atoms with Gasteiger partial charge in [0.1, 0.15) is 0 Å². The molecule has 122 valence electrons. The third kappa shape index (κ3) is 4.11. The Bertz CT molecular complexity index is 817. The van der Waals surface area contributed by atoms with Crippen LogP contribution in [0.15, 0.2) is 30.3 Å². The van der Waals surface area contributed by atoms with Crippen molar-refractivity contribution in [2.24, 2.45) is 0 Å². The molecule has 0 amide bonds. The van der Waals surface area contributed by atoms with Gasteiger partial charge in [-0.3, -0.25) is 4.68 Å². The zero-order valence-corrected chi connectivity index (χ0v) is 14.3. The van der Waals surface area contributed by atoms with Crippen LogP contribution in [0.5, 0.6) is 0 Å². The molecule has 0 bridgehead atoms. The highest BCUT2D eigenvalue weighted by molar-refractivity contribution is 7.92. The van der Waals surface area contributed by atoms with Crippen LogP contribution in [-0.2, 0) is 23.1 Å². The van der Waals surface area contributed by atoms with Crippen molar-refractivity contribution in [2.75, 3.05) is 10.6 Å². The van der Waals surface area contributed by atoms with Crippen LogP contribution in [0.4, 0.5) is 5.82 Å². The van der Waals surface area contributed by atoms with Crippen LogP contribution in [-0.4, -0.2) is 24.5 Å². The van der Waals surface area contributed by atoms with E-state index in [-0.39, 0.29) is 6.54 Å². The number of hydrogen-bond acceptors (Lipinski definition) is 4. The van der Waals surface area contributed by atoms with Gasteiger partial charge in [0.05, 0.1) is 24.4 Å². The number of benzene rings is 1. The maximum atomic E-state index is 12.2. The second-order valence-electron chi connectivity index (χ2n) is 5.45. The number of rotatable bonds is 6. The van der Waals surface area contributed by atoms with Gasteiger partial charge in [0.2, 0.25) is 10.0 Å². The van der Waals surface area contributed by atoms with Crippen molar-refractivity contribution in [2.45, 2.75) is 33.4 Å². The van der Waals surface area contributed by atoms with E-state index in [1.54, 1.807) is 30.3 Å². The first-order valence-electron chi connectivity index (χ1n) is 7.36. The normalized spacial score (nSPS) is 11.2. The van der Waals surface area contributed by atoms with E-state index >= 15 is 0 Å². The van der Waals surface area contributed by atoms with E-state index in [2.05, 4.69) is 5.10 Å². The van der Waals surface area contributed by atoms with Gasteiger partial charge in [-0.2, -0.15) is 10.4 Å². The minimum absolute atomic E-state index is 0.188. The molecule has 0 fully saturated rings. The smallest absolute Gasteiger partial charge is 0.233 e. The largest absolute Gasteiger partial charge is 0.268 e. The van der Waals surface area contributed by atoms with E-state index in [0.717, 1.165) is 24.2 Å². The van der Waals surface area contributed by atoms with Gasteiger partial charge in [0, 0.05) is 18.3 Å². The second kappa shape index (κ2) is 6.84. The molecule has 0 aliphatic carbocycles. The standard InChI is InChI=1S/C16H20N4O2S/c1-4-9-19-13(2)10-16(18-19)20(23(3,21)22)12-15-7-5-14(11-17)6-8-15/h5-8,10H,4,9,12H2,1-3H3. The van der Waals surface area contributed by atoms with Crippen molar-refractivity contribution in [3.63, 3.8) is 0 Å². The second-order valence-corrected chi connectivity index (χ2v) is 7.35. The number of anilines is 1. The summed E-state index contributed by atoms with van der Waals surface area (Å²) in [5.41, 5.74) is 2.27. The number of nitriles is 1. The first-order valence-corrected chi connectivity index (χ1v) is 9.21. The molecular weight excluding hydrogens is 312 g/mol. The van der Waals surface area contributed by atoms with Crippen LogP contribution in [0, 0.1) is 18.3 Å². The summed E-state index contributed by atoms with van der Waals surface area (Å²) in [6.45, 7) is 4.90. The fraction of sp³-hybridized carbons (Fsp3) is 0.375. The van der Waals surface area contributed by atoms with Gasteiger partial charge in [-0.1, -0.05) is 19.1 Å². The molecule has 1 aromatic carbocycles. The lowest BCUT2D eigenvalue weighted by Crippen LogP contribution is -2.29. The van der Waals surface area contributed by atoms with Crippen LogP contribution < -0.4 is 4.31 Å². The summed E-state index contributed by atoms with van der Waals surface area (Å²) < 4.78 is 27.4. The lowest BCUT2D eigenvalue weighted by atomic mass is 10.1.